The Morgan fingerprint density at radius 2 is 1.50 bits per heavy atom. The summed E-state index contributed by atoms with van der Waals surface area (Å²) in [6, 6.07) is 15.6. The zero-order valence-electron chi connectivity index (χ0n) is 21.7. The number of hydrogen-bond donors (Lipinski definition) is 1. The molecule has 1 aromatic heterocycles. The first kappa shape index (κ1) is 29.4. The van der Waals surface area contributed by atoms with Crippen LogP contribution in [0.5, 0.6) is 0 Å². The van der Waals surface area contributed by atoms with E-state index >= 15 is 0 Å². The first-order chi connectivity index (χ1) is 19.0. The normalized spacial score (nSPS) is 22.6. The fourth-order valence-corrected chi connectivity index (χ4v) is 6.66. The van der Waals surface area contributed by atoms with Crippen LogP contribution in [0.25, 0.3) is 10.4 Å². The summed E-state index contributed by atoms with van der Waals surface area (Å²) in [4.78, 5) is 36.8. The highest BCUT2D eigenvalue weighted by Crippen LogP contribution is 2.47. The topological polar surface area (TPSA) is 150 Å². The van der Waals surface area contributed by atoms with Crippen LogP contribution >= 0.6 is 11.3 Å². The predicted molar refractivity (Wildman–Crippen MR) is 138 cm³/mol. The minimum absolute atomic E-state index is 0.314. The summed E-state index contributed by atoms with van der Waals surface area (Å²) in [5.74, 6) is -7.59. The molecule has 0 aliphatic carbocycles. The third kappa shape index (κ3) is 6.93. The van der Waals surface area contributed by atoms with Crippen LogP contribution in [0.3, 0.4) is 0 Å². The molecule has 1 aliphatic rings. The zero-order valence-corrected chi connectivity index (χ0v) is 22.5. The highest BCUT2D eigenvalue weighted by molar-refractivity contribution is 7.15. The van der Waals surface area contributed by atoms with E-state index in [1.165, 1.54) is 12.1 Å². The lowest BCUT2D eigenvalue weighted by Crippen LogP contribution is -2.50. The number of halogens is 1. The lowest BCUT2D eigenvalue weighted by Gasteiger charge is -2.48. The minimum atomic E-state index is -1.46. The number of thiophene rings is 1. The van der Waals surface area contributed by atoms with Crippen LogP contribution in [-0.2, 0) is 25.5 Å². The van der Waals surface area contributed by atoms with Gasteiger partial charge in [0, 0.05) is 34.1 Å². The van der Waals surface area contributed by atoms with Gasteiger partial charge < -0.3 is 39.5 Å². The third-order valence-corrected chi connectivity index (χ3v) is 8.67. The Hall–Kier alpha value is -3.60. The highest BCUT2D eigenvalue weighted by atomic mass is 32.1. The van der Waals surface area contributed by atoms with E-state index in [1.54, 1.807) is 29.5 Å². The number of carbonyl (C=O) groups excluding carboxylic acids is 3. The number of rotatable bonds is 11. The smallest absolute Gasteiger partial charge is 0.123 e. The first-order valence-electron chi connectivity index (χ1n) is 12.9. The largest absolute Gasteiger partial charge is 0.550 e. The molecule has 212 valence electrons. The number of aliphatic carboxylic acids is 3. The fourth-order valence-electron chi connectivity index (χ4n) is 5.62. The van der Waals surface area contributed by atoms with Gasteiger partial charge in [0.15, 0.2) is 0 Å². The van der Waals surface area contributed by atoms with E-state index in [-0.39, 0.29) is 5.82 Å². The van der Waals surface area contributed by atoms with E-state index in [0.29, 0.717) is 12.0 Å². The molecule has 0 bridgehead atoms. The summed E-state index contributed by atoms with van der Waals surface area (Å²) in [5, 5.41) is 44.8. The van der Waals surface area contributed by atoms with Gasteiger partial charge in [-0.1, -0.05) is 30.3 Å². The van der Waals surface area contributed by atoms with Gasteiger partial charge in [-0.3, -0.25) is 0 Å². The summed E-state index contributed by atoms with van der Waals surface area (Å²) in [6.45, 7) is 1.34. The second-order valence-electron chi connectivity index (χ2n) is 10.1. The van der Waals surface area contributed by atoms with Crippen molar-refractivity contribution in [3.63, 3.8) is 0 Å². The van der Waals surface area contributed by atoms with Crippen LogP contribution in [0.15, 0.2) is 54.6 Å². The molecular weight excluding hydrogens is 539 g/mol. The number of carboxylic acids is 3. The number of ether oxygens (including phenoxy) is 1. The van der Waals surface area contributed by atoms with Crippen LogP contribution < -0.4 is 15.3 Å². The van der Waals surface area contributed by atoms with Crippen molar-refractivity contribution in [3.8, 4) is 10.4 Å². The summed E-state index contributed by atoms with van der Waals surface area (Å²) >= 11 is 1.56. The van der Waals surface area contributed by atoms with Gasteiger partial charge in [0.1, 0.15) is 5.82 Å². The summed E-state index contributed by atoms with van der Waals surface area (Å²) in [5.41, 5.74) is 3.36. The van der Waals surface area contributed by atoms with E-state index in [4.69, 9.17) is 4.74 Å². The second kappa shape index (κ2) is 12.7. The molecule has 0 spiro atoms. The Morgan fingerprint density at radius 1 is 0.875 bits per heavy atom. The Kier molecular flexibility index (Phi) is 9.34. The molecule has 4 rings (SSSR count). The molecule has 1 saturated heterocycles. The maximum absolute atomic E-state index is 13.3. The van der Waals surface area contributed by atoms with Crippen molar-refractivity contribution >= 4 is 29.2 Å². The SMILES string of the molecule is Cc1ccc([C@H]2O[C@@H](CO)[C@H](CC(=O)[O-])[C@H](CC(=O)[O-])[C@@H]2CC(=O)[O-])cc1Cc1ccc(-c2ccc(F)cc2)s1. The Morgan fingerprint density at radius 3 is 2.12 bits per heavy atom. The fraction of sp³-hybridized carbons (Fsp3) is 0.367. The maximum atomic E-state index is 13.3. The molecular formula is C30H28FO8S-3. The molecule has 1 aliphatic heterocycles. The van der Waals surface area contributed by atoms with Gasteiger partial charge >= 0.3 is 0 Å². The predicted octanol–water partition coefficient (Wildman–Crippen LogP) is 1.15. The van der Waals surface area contributed by atoms with Crippen LogP contribution in [0.4, 0.5) is 4.39 Å². The van der Waals surface area contributed by atoms with Crippen LogP contribution in [0.2, 0.25) is 0 Å². The number of carboxylic acid groups (broad SMARTS) is 3. The van der Waals surface area contributed by atoms with Gasteiger partial charge in [-0.25, -0.2) is 4.39 Å². The second-order valence-corrected chi connectivity index (χ2v) is 11.3. The number of aryl methyl sites for hydroxylation is 1. The molecule has 40 heavy (non-hydrogen) atoms. The van der Waals surface area contributed by atoms with E-state index in [1.807, 2.05) is 31.2 Å². The van der Waals surface area contributed by atoms with Crippen LogP contribution in [0.1, 0.15) is 46.9 Å². The van der Waals surface area contributed by atoms with Gasteiger partial charge in [0.25, 0.3) is 0 Å². The molecule has 5 atom stereocenters. The molecule has 8 nitrogen and oxygen atoms in total. The Labute approximate surface area is 234 Å². The van der Waals surface area contributed by atoms with Crippen molar-refractivity contribution < 1.29 is 43.9 Å². The highest BCUT2D eigenvalue weighted by Gasteiger charge is 2.45. The molecule has 0 unspecified atom stereocenters. The number of carbonyl (C=O) groups is 3. The van der Waals surface area contributed by atoms with Crippen LogP contribution in [0, 0.1) is 30.5 Å². The summed E-state index contributed by atoms with van der Waals surface area (Å²) in [7, 11) is 0. The van der Waals surface area contributed by atoms with E-state index in [2.05, 4.69) is 0 Å². The average Bonchev–Trinajstić information content (AvgIpc) is 3.35. The molecule has 1 N–H and O–H groups in total. The van der Waals surface area contributed by atoms with Crippen molar-refractivity contribution in [2.75, 3.05) is 6.61 Å². The van der Waals surface area contributed by atoms with Crippen molar-refractivity contribution in [1.29, 1.82) is 0 Å². The Bertz CT molecular complexity index is 1370. The van der Waals surface area contributed by atoms with Gasteiger partial charge in [0.05, 0.1) is 18.8 Å². The first-order valence-corrected chi connectivity index (χ1v) is 13.7. The molecule has 10 heteroatoms. The molecule has 0 radical (unpaired) electrons. The lowest BCUT2D eigenvalue weighted by atomic mass is 9.68. The van der Waals surface area contributed by atoms with Gasteiger partial charge in [-0.2, -0.15) is 0 Å². The molecule has 2 heterocycles. The van der Waals surface area contributed by atoms with E-state index in [0.717, 1.165) is 26.4 Å². The van der Waals surface area contributed by atoms with Gasteiger partial charge in [-0.05, 0) is 90.5 Å². The van der Waals surface area contributed by atoms with Crippen molar-refractivity contribution in [3.05, 3.63) is 82.0 Å². The molecule has 0 amide bonds. The van der Waals surface area contributed by atoms with Gasteiger partial charge in [0.2, 0.25) is 0 Å². The number of hydrogen-bond acceptors (Lipinski definition) is 9. The quantitative estimate of drug-likeness (QED) is 0.363. The number of aliphatic hydroxyl groups is 1. The summed E-state index contributed by atoms with van der Waals surface area (Å²) < 4.78 is 19.4. The monoisotopic (exact) mass is 567 g/mol. The molecule has 1 fully saturated rings. The zero-order chi connectivity index (χ0) is 29.0. The van der Waals surface area contributed by atoms with Crippen molar-refractivity contribution in [1.82, 2.24) is 0 Å². The number of benzene rings is 2. The van der Waals surface area contributed by atoms with Crippen molar-refractivity contribution in [2.45, 2.75) is 44.8 Å². The van der Waals surface area contributed by atoms with Crippen molar-refractivity contribution in [2.24, 2.45) is 17.8 Å². The van der Waals surface area contributed by atoms with Gasteiger partial charge in [-0.15, -0.1) is 11.3 Å². The van der Waals surface area contributed by atoms with E-state index < -0.39 is 73.7 Å². The number of aliphatic hydroxyl groups excluding tert-OH is 1. The Balaban J connectivity index is 1.67. The third-order valence-electron chi connectivity index (χ3n) is 7.53. The average molecular weight is 568 g/mol. The molecule has 2 aromatic carbocycles. The lowest BCUT2D eigenvalue weighted by molar-refractivity contribution is -0.318. The standard InChI is InChI=1S/C30H31FO8S/c1-16-2-3-18(10-19(16)11-21-8-9-26(40-21)17-4-6-20(31)7-5-17)30-24(14-29(37)38)22(12-27(33)34)23(13-28(35)36)25(15-32)39-30/h2-10,22-25,30,32H,11-15H2,1H3,(H,33,34)(H,35,36)(H,37,38)/p-3/t22-,23+,24-,25-,30+/m0/s1. The molecule has 0 saturated carbocycles. The van der Waals surface area contributed by atoms with E-state index in [9.17, 15) is 39.2 Å². The minimum Gasteiger partial charge on any atom is -0.550 e. The van der Waals surface area contributed by atoms with Crippen LogP contribution in [-0.4, -0.2) is 35.7 Å². The summed E-state index contributed by atoms with van der Waals surface area (Å²) in [6.07, 6.45) is -3.22. The maximum Gasteiger partial charge on any atom is 0.123 e. The molecule has 3 aromatic rings.